The maximum Gasteiger partial charge on any atom is 0.254 e. The number of amides is 1. The standard InChI is InChI=1S/C20H21FN2O2/c1-14-5-6-19-16(9-14)11-17(20(25)22-19)13-23(7-8-24)12-15-3-2-4-18(21)10-15/h2-6,9-11,17,24H,7-8,12-13H2,1H3. The molecular weight excluding hydrogens is 319 g/mol. The third-order valence-electron chi connectivity index (χ3n) is 4.28. The van der Waals surface area contributed by atoms with Crippen molar-refractivity contribution in [1.29, 1.82) is 0 Å². The Morgan fingerprint density at radius 2 is 2.08 bits per heavy atom. The van der Waals surface area contributed by atoms with E-state index in [-0.39, 0.29) is 24.2 Å². The van der Waals surface area contributed by atoms with Crippen molar-refractivity contribution in [2.45, 2.75) is 13.5 Å². The van der Waals surface area contributed by atoms with Crippen molar-refractivity contribution in [1.82, 2.24) is 4.90 Å². The number of hydrogen-bond donors (Lipinski definition) is 1. The molecule has 1 N–H and O–H groups in total. The molecule has 0 bridgehead atoms. The predicted molar refractivity (Wildman–Crippen MR) is 93.7 cm³/mol. The zero-order valence-corrected chi connectivity index (χ0v) is 14.2. The van der Waals surface area contributed by atoms with Gasteiger partial charge in [-0.25, -0.2) is 9.38 Å². The van der Waals surface area contributed by atoms with Crippen molar-refractivity contribution < 1.29 is 14.3 Å². The van der Waals surface area contributed by atoms with Crippen LogP contribution in [-0.4, -0.2) is 35.6 Å². The Bertz CT molecular complexity index is 895. The molecule has 0 spiro atoms. The minimum atomic E-state index is -0.366. The average molecular weight is 340 g/mol. The quantitative estimate of drug-likeness (QED) is 0.859. The SMILES string of the molecule is Cc1ccc2c(c1)=CC(CN(CCO)Cc1cccc(F)c1)C(=O)N=2. The summed E-state index contributed by atoms with van der Waals surface area (Å²) in [5.74, 6) is -0.839. The lowest BCUT2D eigenvalue weighted by Gasteiger charge is -2.25. The highest BCUT2D eigenvalue weighted by molar-refractivity contribution is 5.86. The fourth-order valence-corrected chi connectivity index (χ4v) is 3.08. The number of aliphatic hydroxyl groups is 1. The Kier molecular flexibility index (Phi) is 5.36. The molecule has 1 atom stereocenters. The smallest absolute Gasteiger partial charge is 0.254 e. The van der Waals surface area contributed by atoms with Crippen LogP contribution in [0.15, 0.2) is 47.5 Å². The monoisotopic (exact) mass is 340 g/mol. The van der Waals surface area contributed by atoms with Crippen LogP contribution in [0, 0.1) is 18.7 Å². The van der Waals surface area contributed by atoms with Gasteiger partial charge in [0, 0.05) is 19.6 Å². The Morgan fingerprint density at radius 3 is 2.84 bits per heavy atom. The summed E-state index contributed by atoms with van der Waals surface area (Å²) < 4.78 is 13.4. The zero-order valence-electron chi connectivity index (χ0n) is 14.2. The summed E-state index contributed by atoms with van der Waals surface area (Å²) in [5, 5.41) is 11.0. The van der Waals surface area contributed by atoms with E-state index in [1.165, 1.54) is 12.1 Å². The van der Waals surface area contributed by atoms with Gasteiger partial charge >= 0.3 is 0 Å². The first-order chi connectivity index (χ1) is 12.0. The average Bonchev–Trinajstić information content (AvgIpc) is 2.56. The summed E-state index contributed by atoms with van der Waals surface area (Å²) in [4.78, 5) is 18.5. The molecule has 0 saturated carbocycles. The largest absolute Gasteiger partial charge is 0.395 e. The number of fused-ring (bicyclic) bond motifs is 1. The third kappa shape index (κ3) is 4.38. The number of aryl methyl sites for hydroxylation is 1. The maximum atomic E-state index is 13.4. The minimum absolute atomic E-state index is 0.0247. The van der Waals surface area contributed by atoms with Crippen molar-refractivity contribution in [2.24, 2.45) is 10.9 Å². The second-order valence-corrected chi connectivity index (χ2v) is 6.37. The minimum Gasteiger partial charge on any atom is -0.395 e. The number of carbonyl (C=O) groups excluding carboxylic acids is 1. The molecule has 5 heteroatoms. The van der Waals surface area contributed by atoms with Crippen LogP contribution >= 0.6 is 0 Å². The molecule has 1 heterocycles. The number of aliphatic hydroxyl groups excluding tert-OH is 1. The summed E-state index contributed by atoms with van der Waals surface area (Å²) in [6.45, 7) is 3.29. The third-order valence-corrected chi connectivity index (χ3v) is 4.28. The molecule has 0 aromatic heterocycles. The van der Waals surface area contributed by atoms with Gasteiger partial charge in [-0.3, -0.25) is 9.69 Å². The van der Waals surface area contributed by atoms with Gasteiger partial charge in [-0.2, -0.15) is 0 Å². The van der Waals surface area contributed by atoms with Crippen LogP contribution in [-0.2, 0) is 11.3 Å². The first kappa shape index (κ1) is 17.5. The highest BCUT2D eigenvalue weighted by Gasteiger charge is 2.21. The molecule has 0 aliphatic carbocycles. The van der Waals surface area contributed by atoms with Crippen LogP contribution in [0.4, 0.5) is 4.39 Å². The number of benzene rings is 2. The topological polar surface area (TPSA) is 52.9 Å². The van der Waals surface area contributed by atoms with Gasteiger partial charge in [0.25, 0.3) is 5.91 Å². The Morgan fingerprint density at radius 1 is 1.24 bits per heavy atom. The Labute approximate surface area is 145 Å². The molecule has 3 rings (SSSR count). The molecule has 2 aromatic carbocycles. The first-order valence-corrected chi connectivity index (χ1v) is 8.34. The molecule has 4 nitrogen and oxygen atoms in total. The molecule has 1 aliphatic rings. The number of hydrogen-bond acceptors (Lipinski definition) is 3. The van der Waals surface area contributed by atoms with E-state index in [0.29, 0.717) is 25.0 Å². The van der Waals surface area contributed by atoms with Crippen LogP contribution < -0.4 is 10.6 Å². The van der Waals surface area contributed by atoms with E-state index in [9.17, 15) is 14.3 Å². The number of nitrogens with zero attached hydrogens (tertiary/aromatic N) is 2. The van der Waals surface area contributed by atoms with E-state index >= 15 is 0 Å². The second-order valence-electron chi connectivity index (χ2n) is 6.37. The lowest BCUT2D eigenvalue weighted by atomic mass is 10.0. The van der Waals surface area contributed by atoms with Crippen molar-refractivity contribution in [3.8, 4) is 0 Å². The van der Waals surface area contributed by atoms with Crippen LogP contribution in [0.3, 0.4) is 0 Å². The number of rotatable bonds is 6. The van der Waals surface area contributed by atoms with Crippen molar-refractivity contribution >= 4 is 12.0 Å². The zero-order chi connectivity index (χ0) is 17.8. The molecule has 1 amide bonds. The molecule has 0 radical (unpaired) electrons. The Balaban J connectivity index is 1.81. The van der Waals surface area contributed by atoms with Gasteiger partial charge in [-0.15, -0.1) is 0 Å². The highest BCUT2D eigenvalue weighted by Crippen LogP contribution is 2.12. The van der Waals surface area contributed by atoms with Crippen LogP contribution in [0.25, 0.3) is 6.08 Å². The molecule has 2 aromatic rings. The molecule has 0 saturated heterocycles. The van der Waals surface area contributed by atoms with Crippen molar-refractivity contribution in [3.63, 3.8) is 0 Å². The van der Waals surface area contributed by atoms with Crippen LogP contribution in [0.5, 0.6) is 0 Å². The van der Waals surface area contributed by atoms with E-state index in [0.717, 1.165) is 16.3 Å². The first-order valence-electron chi connectivity index (χ1n) is 8.34. The summed E-state index contributed by atoms with van der Waals surface area (Å²) >= 11 is 0. The van der Waals surface area contributed by atoms with E-state index in [2.05, 4.69) is 4.99 Å². The molecule has 1 unspecified atom stereocenters. The van der Waals surface area contributed by atoms with Crippen LogP contribution in [0.2, 0.25) is 0 Å². The summed E-state index contributed by atoms with van der Waals surface area (Å²) in [6.07, 6.45) is 1.94. The van der Waals surface area contributed by atoms with Gasteiger partial charge in [-0.05, 0) is 35.9 Å². The van der Waals surface area contributed by atoms with Crippen LogP contribution in [0.1, 0.15) is 11.1 Å². The van der Waals surface area contributed by atoms with Gasteiger partial charge in [0.05, 0.1) is 17.9 Å². The van der Waals surface area contributed by atoms with Gasteiger partial charge in [0.15, 0.2) is 0 Å². The Hall–Kier alpha value is -2.37. The fourth-order valence-electron chi connectivity index (χ4n) is 3.08. The summed E-state index contributed by atoms with van der Waals surface area (Å²) in [5.41, 5.74) is 1.93. The van der Waals surface area contributed by atoms with E-state index in [1.807, 2.05) is 42.2 Å². The normalized spacial score (nSPS) is 16.3. The van der Waals surface area contributed by atoms with E-state index < -0.39 is 0 Å². The van der Waals surface area contributed by atoms with E-state index in [1.54, 1.807) is 6.07 Å². The molecule has 25 heavy (non-hydrogen) atoms. The number of halogens is 1. The maximum absolute atomic E-state index is 13.4. The van der Waals surface area contributed by atoms with Gasteiger partial charge < -0.3 is 5.11 Å². The van der Waals surface area contributed by atoms with Gasteiger partial charge in [0.2, 0.25) is 0 Å². The molecular formula is C20H21FN2O2. The molecule has 1 aliphatic heterocycles. The lowest BCUT2D eigenvalue weighted by molar-refractivity contribution is -0.120. The van der Waals surface area contributed by atoms with Crippen molar-refractivity contribution in [2.75, 3.05) is 19.7 Å². The molecule has 0 fully saturated rings. The predicted octanol–water partition coefficient (Wildman–Crippen LogP) is 1.19. The number of carbonyl (C=O) groups is 1. The van der Waals surface area contributed by atoms with Gasteiger partial charge in [0.1, 0.15) is 5.82 Å². The van der Waals surface area contributed by atoms with E-state index in [4.69, 9.17) is 0 Å². The molecule has 130 valence electrons. The second kappa shape index (κ2) is 7.68. The highest BCUT2D eigenvalue weighted by atomic mass is 19.1. The van der Waals surface area contributed by atoms with Gasteiger partial charge in [-0.1, -0.05) is 35.9 Å². The fraction of sp³-hybridized carbons (Fsp3) is 0.300. The van der Waals surface area contributed by atoms with Crippen molar-refractivity contribution in [3.05, 3.63) is 70.0 Å². The summed E-state index contributed by atoms with van der Waals surface area (Å²) in [7, 11) is 0. The lowest BCUT2D eigenvalue weighted by Crippen LogP contribution is -2.39. The summed E-state index contributed by atoms with van der Waals surface area (Å²) in [6, 6.07) is 12.2.